The van der Waals surface area contributed by atoms with Crippen LogP contribution in [0.3, 0.4) is 0 Å². The van der Waals surface area contributed by atoms with Gasteiger partial charge in [-0.05, 0) is 49.3 Å². The van der Waals surface area contributed by atoms with Gasteiger partial charge in [-0.2, -0.15) is 0 Å². The van der Waals surface area contributed by atoms with Crippen LogP contribution in [0.2, 0.25) is 0 Å². The van der Waals surface area contributed by atoms with E-state index in [1.165, 1.54) is 19.9 Å². The van der Waals surface area contributed by atoms with Gasteiger partial charge < -0.3 is 19.6 Å². The van der Waals surface area contributed by atoms with Crippen LogP contribution in [0.5, 0.6) is 0 Å². The first-order chi connectivity index (χ1) is 16.4. The van der Waals surface area contributed by atoms with Crippen molar-refractivity contribution in [3.8, 4) is 0 Å². The maximum absolute atomic E-state index is 17.2. The van der Waals surface area contributed by atoms with Gasteiger partial charge in [0.2, 0.25) is 5.78 Å². The first kappa shape index (κ1) is 30.8. The van der Waals surface area contributed by atoms with Gasteiger partial charge in [-0.15, -0.1) is 0 Å². The van der Waals surface area contributed by atoms with Gasteiger partial charge in [0.1, 0.15) is 18.4 Å². The summed E-state index contributed by atoms with van der Waals surface area (Å²) in [5.41, 5.74) is -7.77. The molecule has 9 atom stereocenters. The molecule has 0 spiro atoms. The summed E-state index contributed by atoms with van der Waals surface area (Å²) >= 11 is 0. The van der Waals surface area contributed by atoms with Gasteiger partial charge in [0, 0.05) is 23.7 Å². The first-order valence-electron chi connectivity index (χ1n) is 11.8. The van der Waals surface area contributed by atoms with Gasteiger partial charge in [-0.3, -0.25) is 18.9 Å². The maximum atomic E-state index is 17.2. The molecular weight excluding hydrogens is 524 g/mol. The Morgan fingerprint density at radius 1 is 1.24 bits per heavy atom. The molecule has 4 rings (SSSR count). The van der Waals surface area contributed by atoms with Gasteiger partial charge in [-0.25, -0.2) is 13.3 Å². The Kier molecular flexibility index (Phi) is 8.06. The summed E-state index contributed by atoms with van der Waals surface area (Å²) in [5.74, 6) is -5.07. The van der Waals surface area contributed by atoms with Crippen molar-refractivity contribution in [1.82, 2.24) is 0 Å². The number of Topliss-reactive ketones (excluding diaryl/α,β-unsaturated/α-hetero) is 1. The minimum Gasteiger partial charge on any atom is -0.850 e. The van der Waals surface area contributed by atoms with E-state index < -0.39 is 96.9 Å². The van der Waals surface area contributed by atoms with Crippen molar-refractivity contribution in [3.63, 3.8) is 0 Å². The zero-order valence-corrected chi connectivity index (χ0v) is 24.3. The number of phosphoric acid groups is 1. The Morgan fingerprint density at radius 2 is 1.86 bits per heavy atom. The molecule has 0 amide bonds. The monoisotopic (exact) mass is 554 g/mol. The Labute approximate surface area is 235 Å². The number of hydrogen-bond acceptors (Lipinski definition) is 7. The van der Waals surface area contributed by atoms with E-state index in [2.05, 4.69) is 4.52 Å². The largest absolute Gasteiger partial charge is 1.00 e. The molecule has 0 aromatic carbocycles. The average molecular weight is 554 g/mol. The summed E-state index contributed by atoms with van der Waals surface area (Å²) in [6.45, 7) is 4.46. The molecule has 13 heteroatoms. The Balaban J connectivity index is 0.00000380. The minimum atomic E-state index is -5.06. The van der Waals surface area contributed by atoms with Crippen molar-refractivity contribution in [2.24, 2.45) is 28.6 Å². The molecule has 4 aliphatic carbocycles. The third-order valence-corrected chi connectivity index (χ3v) is 9.69. The molecule has 0 aromatic heterocycles. The van der Waals surface area contributed by atoms with Crippen molar-refractivity contribution >= 4 is 25.4 Å². The molecule has 0 aromatic rings. The Morgan fingerprint density at radius 3 is 2.43 bits per heavy atom. The molecule has 37 heavy (non-hydrogen) atoms. The molecule has 0 radical (unpaired) electrons. The number of ether oxygens (including phenoxy) is 1. The van der Waals surface area contributed by atoms with Crippen LogP contribution in [0, 0.1) is 28.6 Å². The van der Waals surface area contributed by atoms with E-state index >= 15 is 8.78 Å². The van der Waals surface area contributed by atoms with Crippen LogP contribution in [-0.2, 0) is 28.2 Å². The molecule has 4 aliphatic rings. The van der Waals surface area contributed by atoms with Crippen LogP contribution in [0.1, 0.15) is 47.0 Å². The van der Waals surface area contributed by atoms with E-state index in [-0.39, 0.29) is 41.6 Å². The summed E-state index contributed by atoms with van der Waals surface area (Å²) in [5, 5.41) is 13.8. The third-order valence-electron chi connectivity index (χ3n) is 9.23. The fourth-order valence-corrected chi connectivity index (χ4v) is 8.12. The number of carbonyl (C=O) groups excluding carboxylic acids is 3. The van der Waals surface area contributed by atoms with Crippen LogP contribution < -0.4 is 34.7 Å². The normalized spacial score (nSPS) is 44.6. The molecule has 0 saturated heterocycles. The summed E-state index contributed by atoms with van der Waals surface area (Å²) in [6.07, 6.45) is -1.03. The molecule has 0 bridgehead atoms. The summed E-state index contributed by atoms with van der Waals surface area (Å²) in [4.78, 5) is 55.8. The second kappa shape index (κ2) is 9.70. The van der Waals surface area contributed by atoms with Crippen LogP contribution >= 0.6 is 7.82 Å². The van der Waals surface area contributed by atoms with E-state index in [0.717, 1.165) is 19.1 Å². The molecular formula is C24H30F2NaO9P. The predicted octanol–water partition coefficient (Wildman–Crippen LogP) is -1.10. The number of allylic oxidation sites excluding steroid dienone is 4. The minimum absolute atomic E-state index is 0. The first-order valence-corrected chi connectivity index (χ1v) is 13.3. The van der Waals surface area contributed by atoms with E-state index in [9.17, 15) is 24.1 Å². The quantitative estimate of drug-likeness (QED) is 0.245. The number of fused-ring (bicyclic) bond motifs is 5. The number of ketones is 2. The molecule has 3 fully saturated rings. The molecule has 3 unspecified atom stereocenters. The van der Waals surface area contributed by atoms with E-state index in [4.69, 9.17) is 14.5 Å². The van der Waals surface area contributed by atoms with Crippen molar-refractivity contribution in [2.75, 3.05) is 6.61 Å². The fraction of sp³-hybridized carbons (Fsp3) is 0.708. The average Bonchev–Trinajstić information content (AvgIpc) is 2.96. The van der Waals surface area contributed by atoms with E-state index in [1.807, 2.05) is 0 Å². The van der Waals surface area contributed by atoms with Gasteiger partial charge in [0.15, 0.2) is 11.4 Å². The SMILES string of the molecule is CC(=O)O[C@]1(C(=O)COP(=O)(O)O)[C@H](C)CC2C3C[C@H](F)C4=CC(=O)C=C[C@]4(C)[C@@]3(F)C([O-])C[C@@]21C.[Na+]. The number of rotatable bonds is 5. The number of carbonyl (C=O) groups is 3. The van der Waals surface area contributed by atoms with Gasteiger partial charge in [0.25, 0.3) is 0 Å². The van der Waals surface area contributed by atoms with Gasteiger partial charge >= 0.3 is 43.3 Å². The van der Waals surface area contributed by atoms with Gasteiger partial charge in [-0.1, -0.05) is 32.4 Å². The molecule has 0 aliphatic heterocycles. The second-order valence-electron chi connectivity index (χ2n) is 11.0. The van der Waals surface area contributed by atoms with Gasteiger partial charge in [0.05, 0.1) is 0 Å². The van der Waals surface area contributed by atoms with Crippen molar-refractivity contribution in [3.05, 3.63) is 23.8 Å². The Hall–Kier alpha value is -0.780. The number of phosphoric ester groups is 1. The van der Waals surface area contributed by atoms with Crippen LogP contribution in [0.25, 0.3) is 0 Å². The zero-order chi connectivity index (χ0) is 27.1. The predicted molar refractivity (Wildman–Crippen MR) is 118 cm³/mol. The fourth-order valence-electron chi connectivity index (χ4n) is 7.83. The second-order valence-corrected chi connectivity index (χ2v) is 12.2. The summed E-state index contributed by atoms with van der Waals surface area (Å²) in [7, 11) is -5.06. The molecule has 0 heterocycles. The number of alkyl halides is 2. The third kappa shape index (κ3) is 4.29. The molecule has 3 saturated carbocycles. The van der Waals surface area contributed by atoms with E-state index in [0.29, 0.717) is 0 Å². The molecule has 200 valence electrons. The van der Waals surface area contributed by atoms with Crippen molar-refractivity contribution < 1.29 is 81.4 Å². The Bertz CT molecular complexity index is 1120. The van der Waals surface area contributed by atoms with Crippen molar-refractivity contribution in [1.29, 1.82) is 0 Å². The van der Waals surface area contributed by atoms with Crippen LogP contribution in [-0.4, -0.2) is 57.5 Å². The van der Waals surface area contributed by atoms with Crippen LogP contribution in [0.15, 0.2) is 23.8 Å². The number of halogens is 2. The maximum Gasteiger partial charge on any atom is 1.00 e. The summed E-state index contributed by atoms with van der Waals surface area (Å²) < 4.78 is 54.0. The van der Waals surface area contributed by atoms with Crippen LogP contribution in [0.4, 0.5) is 8.78 Å². The smallest absolute Gasteiger partial charge is 0.850 e. The van der Waals surface area contributed by atoms with Crippen molar-refractivity contribution in [2.45, 2.75) is 70.5 Å². The molecule has 9 nitrogen and oxygen atoms in total. The molecule has 2 N–H and O–H groups in total. The topological polar surface area (TPSA) is 150 Å². The number of esters is 1. The van der Waals surface area contributed by atoms with E-state index in [1.54, 1.807) is 6.92 Å². The zero-order valence-electron chi connectivity index (χ0n) is 21.4. The number of hydrogen-bond donors (Lipinski definition) is 2. The standard InChI is InChI=1S/C24H30F2O9P.Na/c1-12-7-15-16-9-18(25)17-8-14(28)5-6-21(17,3)23(16,26)19(29)10-22(15,4)24(12,35-13(2)27)20(30)11-34-36(31,32)33;/h5-6,8,12,15-16,18-19H,7,9-11H2,1-4H3,(H2,31,32,33);/q-1;+1/t12-,15?,16?,18+,19?,21+,22+,23+,24+;/m1./s1. The summed E-state index contributed by atoms with van der Waals surface area (Å²) in [6, 6.07) is 0.